The number of rotatable bonds is 6. The van der Waals surface area contributed by atoms with E-state index in [0.29, 0.717) is 19.0 Å². The number of piperidine rings is 1. The summed E-state index contributed by atoms with van der Waals surface area (Å²) in [4.78, 5) is 53.4. The molecule has 2 heterocycles. The Bertz CT molecular complexity index is 969. The number of imide groups is 2. The van der Waals surface area contributed by atoms with Crippen molar-refractivity contribution < 1.29 is 19.2 Å². The number of carbonyl (C=O) groups excluding carboxylic acids is 4. The lowest BCUT2D eigenvalue weighted by Gasteiger charge is -2.32. The van der Waals surface area contributed by atoms with Crippen LogP contribution in [-0.4, -0.2) is 58.1 Å². The van der Waals surface area contributed by atoms with Crippen LogP contribution >= 0.6 is 0 Å². The molecule has 31 heavy (non-hydrogen) atoms. The molecular formula is C24H25N3O4. The Morgan fingerprint density at radius 1 is 0.774 bits per heavy atom. The number of likely N-dealkylation sites (tertiary alicyclic amines) is 1. The van der Waals surface area contributed by atoms with Gasteiger partial charge >= 0.3 is 17.8 Å². The van der Waals surface area contributed by atoms with Crippen LogP contribution in [0.4, 0.5) is 4.79 Å². The Morgan fingerprint density at radius 3 is 1.94 bits per heavy atom. The molecule has 0 radical (unpaired) electrons. The summed E-state index contributed by atoms with van der Waals surface area (Å²) in [6.07, 6.45) is 2.73. The van der Waals surface area contributed by atoms with Crippen molar-refractivity contribution in [1.29, 1.82) is 0 Å². The topological polar surface area (TPSA) is 78.0 Å². The maximum atomic E-state index is 12.7. The zero-order valence-corrected chi connectivity index (χ0v) is 17.3. The maximum Gasteiger partial charge on any atom is 0.335 e. The van der Waals surface area contributed by atoms with Crippen LogP contribution in [0, 0.1) is 5.92 Å². The van der Waals surface area contributed by atoms with Gasteiger partial charge in [0.1, 0.15) is 6.54 Å². The minimum absolute atomic E-state index is 0.0137. The van der Waals surface area contributed by atoms with Crippen LogP contribution in [0.25, 0.3) is 0 Å². The van der Waals surface area contributed by atoms with Crippen molar-refractivity contribution in [3.8, 4) is 0 Å². The molecule has 2 aliphatic heterocycles. The molecule has 0 bridgehead atoms. The number of hydrogen-bond acceptors (Lipinski definition) is 4. The summed E-state index contributed by atoms with van der Waals surface area (Å²) in [5.74, 6) is -1.62. The van der Waals surface area contributed by atoms with E-state index in [9.17, 15) is 19.2 Å². The van der Waals surface area contributed by atoms with Crippen molar-refractivity contribution in [3.05, 3.63) is 71.8 Å². The van der Waals surface area contributed by atoms with Gasteiger partial charge in [0, 0.05) is 13.1 Å². The van der Waals surface area contributed by atoms with E-state index in [2.05, 4.69) is 12.1 Å². The Hall–Kier alpha value is -3.48. The predicted octanol–water partition coefficient (Wildman–Crippen LogP) is 2.46. The third-order valence-electron chi connectivity index (χ3n) is 5.95. The number of carbonyl (C=O) groups is 4. The monoisotopic (exact) mass is 419 g/mol. The van der Waals surface area contributed by atoms with Gasteiger partial charge in [0.25, 0.3) is 0 Å². The molecule has 4 rings (SSSR count). The summed E-state index contributed by atoms with van der Waals surface area (Å²) in [7, 11) is 0. The molecule has 0 aliphatic carbocycles. The van der Waals surface area contributed by atoms with E-state index in [4.69, 9.17) is 0 Å². The highest BCUT2D eigenvalue weighted by molar-refractivity contribution is 6.44. The van der Waals surface area contributed by atoms with Crippen LogP contribution in [0.1, 0.15) is 24.0 Å². The molecule has 7 heteroatoms. The molecule has 0 saturated carbocycles. The van der Waals surface area contributed by atoms with Gasteiger partial charge in [-0.15, -0.1) is 0 Å². The van der Waals surface area contributed by atoms with Gasteiger partial charge in [0.15, 0.2) is 0 Å². The third-order valence-corrected chi connectivity index (χ3v) is 5.95. The third kappa shape index (κ3) is 4.66. The number of benzene rings is 2. The van der Waals surface area contributed by atoms with Crippen molar-refractivity contribution in [3.63, 3.8) is 0 Å². The number of urea groups is 1. The smallest absolute Gasteiger partial charge is 0.335 e. The van der Waals surface area contributed by atoms with E-state index in [1.165, 1.54) is 5.56 Å². The molecule has 2 aromatic carbocycles. The first-order chi connectivity index (χ1) is 15.0. The first-order valence-electron chi connectivity index (χ1n) is 10.6. The molecule has 0 aromatic heterocycles. The van der Waals surface area contributed by atoms with Crippen molar-refractivity contribution in [2.45, 2.75) is 25.8 Å². The second kappa shape index (κ2) is 9.12. The van der Waals surface area contributed by atoms with Gasteiger partial charge in [-0.25, -0.2) is 9.69 Å². The maximum absolute atomic E-state index is 12.7. The molecule has 0 unspecified atom stereocenters. The fraction of sp³-hybridized carbons (Fsp3) is 0.333. The van der Waals surface area contributed by atoms with Crippen LogP contribution in [0.5, 0.6) is 0 Å². The van der Waals surface area contributed by atoms with E-state index in [-0.39, 0.29) is 12.5 Å². The van der Waals surface area contributed by atoms with Gasteiger partial charge < -0.3 is 4.90 Å². The summed E-state index contributed by atoms with van der Waals surface area (Å²) in [5.41, 5.74) is 2.03. The first-order valence-corrected chi connectivity index (χ1v) is 10.6. The van der Waals surface area contributed by atoms with Gasteiger partial charge in [0.05, 0.1) is 6.54 Å². The highest BCUT2D eigenvalue weighted by Gasteiger charge is 2.45. The predicted molar refractivity (Wildman–Crippen MR) is 114 cm³/mol. The molecule has 160 valence electrons. The molecular weight excluding hydrogens is 394 g/mol. The molecule has 2 fully saturated rings. The first kappa shape index (κ1) is 20.8. The van der Waals surface area contributed by atoms with Crippen LogP contribution < -0.4 is 0 Å². The lowest BCUT2D eigenvalue weighted by molar-refractivity contribution is -0.145. The Morgan fingerprint density at radius 2 is 1.32 bits per heavy atom. The second-order valence-corrected chi connectivity index (χ2v) is 8.06. The number of amides is 5. The summed E-state index contributed by atoms with van der Waals surface area (Å²) in [5, 5.41) is 0. The van der Waals surface area contributed by atoms with Gasteiger partial charge in [-0.1, -0.05) is 60.7 Å². The molecule has 2 saturated heterocycles. The van der Waals surface area contributed by atoms with Crippen LogP contribution in [0.3, 0.4) is 0 Å². The van der Waals surface area contributed by atoms with Crippen molar-refractivity contribution in [1.82, 2.24) is 14.7 Å². The summed E-state index contributed by atoms with van der Waals surface area (Å²) in [6.45, 7) is 0.806. The molecule has 0 spiro atoms. The van der Waals surface area contributed by atoms with Gasteiger partial charge in [-0.2, -0.15) is 0 Å². The van der Waals surface area contributed by atoms with Gasteiger partial charge in [-0.05, 0) is 36.3 Å². The number of nitrogens with zero attached hydrogens (tertiary/aromatic N) is 3. The lowest BCUT2D eigenvalue weighted by atomic mass is 9.90. The molecule has 0 N–H and O–H groups in total. The van der Waals surface area contributed by atoms with Crippen molar-refractivity contribution in [2.75, 3.05) is 19.6 Å². The zero-order chi connectivity index (χ0) is 21.8. The Balaban J connectivity index is 1.31. The van der Waals surface area contributed by atoms with Crippen LogP contribution in [0.2, 0.25) is 0 Å². The Kier molecular flexibility index (Phi) is 6.11. The van der Waals surface area contributed by atoms with Crippen LogP contribution in [-0.2, 0) is 27.3 Å². The van der Waals surface area contributed by atoms with E-state index < -0.39 is 24.4 Å². The number of hydrogen-bond donors (Lipinski definition) is 0. The molecule has 2 aliphatic rings. The lowest BCUT2D eigenvalue weighted by Crippen LogP contribution is -2.46. The van der Waals surface area contributed by atoms with Gasteiger partial charge in [-0.3, -0.25) is 19.3 Å². The molecule has 2 aromatic rings. The summed E-state index contributed by atoms with van der Waals surface area (Å²) >= 11 is 0. The fourth-order valence-electron chi connectivity index (χ4n) is 4.16. The van der Waals surface area contributed by atoms with Crippen molar-refractivity contribution in [2.24, 2.45) is 5.92 Å². The highest BCUT2D eigenvalue weighted by Crippen LogP contribution is 2.22. The largest absolute Gasteiger partial charge is 0.341 e. The quantitative estimate of drug-likeness (QED) is 0.532. The summed E-state index contributed by atoms with van der Waals surface area (Å²) in [6, 6.07) is 18.5. The van der Waals surface area contributed by atoms with E-state index >= 15 is 0 Å². The molecule has 0 atom stereocenters. The average Bonchev–Trinajstić information content (AvgIpc) is 2.99. The Labute approximate surface area is 181 Å². The normalized spacial score (nSPS) is 17.5. The molecule has 5 amide bonds. The fourth-order valence-corrected chi connectivity index (χ4v) is 4.16. The van der Waals surface area contributed by atoms with Crippen LogP contribution in [0.15, 0.2) is 60.7 Å². The second-order valence-electron chi connectivity index (χ2n) is 8.06. The van der Waals surface area contributed by atoms with Crippen molar-refractivity contribution >= 4 is 23.8 Å². The van der Waals surface area contributed by atoms with E-state index in [0.717, 1.165) is 34.6 Å². The highest BCUT2D eigenvalue weighted by atomic mass is 16.2. The molecule has 7 nitrogen and oxygen atoms in total. The average molecular weight is 419 g/mol. The van der Waals surface area contributed by atoms with E-state index in [1.807, 2.05) is 24.3 Å². The van der Waals surface area contributed by atoms with E-state index in [1.54, 1.807) is 29.2 Å². The minimum Gasteiger partial charge on any atom is -0.341 e. The SMILES string of the molecule is O=C(CN1C(=O)C(=O)N(Cc2ccccc2)C1=O)N1CCC(Cc2ccccc2)CC1. The zero-order valence-electron chi connectivity index (χ0n) is 17.3. The van der Waals surface area contributed by atoms with Gasteiger partial charge in [0.2, 0.25) is 5.91 Å². The minimum atomic E-state index is -0.937. The standard InChI is InChI=1S/C24H25N3O4/c28-21(25-13-11-19(12-14-25)15-18-7-3-1-4-8-18)17-27-23(30)22(29)26(24(27)31)16-20-9-5-2-6-10-20/h1-10,19H,11-17H2. The summed E-state index contributed by atoms with van der Waals surface area (Å²) < 4.78 is 0.